The van der Waals surface area contributed by atoms with E-state index in [4.69, 9.17) is 10.5 Å². The Hall–Kier alpha value is -1.63. The molecule has 0 saturated carbocycles. The van der Waals surface area contributed by atoms with Gasteiger partial charge in [0.15, 0.2) is 5.13 Å². The zero-order chi connectivity index (χ0) is 17.7. The third kappa shape index (κ3) is 4.51. The van der Waals surface area contributed by atoms with Crippen molar-refractivity contribution in [3.63, 3.8) is 0 Å². The number of halogens is 1. The summed E-state index contributed by atoms with van der Waals surface area (Å²) in [4.78, 5) is 18.3. The molecule has 0 aliphatic rings. The summed E-state index contributed by atoms with van der Waals surface area (Å²) in [7, 11) is 1.64. The molecule has 25 heavy (non-hydrogen) atoms. The number of ether oxygens (including phenoxy) is 1. The number of aromatic nitrogens is 1. The second-order valence-electron chi connectivity index (χ2n) is 5.80. The van der Waals surface area contributed by atoms with Crippen LogP contribution in [0, 0.1) is 12.3 Å². The number of hydrogen-bond acceptors (Lipinski definition) is 5. The van der Waals surface area contributed by atoms with Crippen LogP contribution in [0.3, 0.4) is 0 Å². The number of hydrogen-bond donors (Lipinski definition) is 2. The van der Waals surface area contributed by atoms with E-state index in [1.807, 2.05) is 45.0 Å². The first-order valence-electron chi connectivity index (χ1n) is 8.13. The number of nitrogens with one attached hydrogen (secondary N) is 1. The molecule has 0 spiro atoms. The molecular weight excluding hydrogens is 358 g/mol. The molecule has 0 bridgehead atoms. The van der Waals surface area contributed by atoms with Crippen molar-refractivity contribution >= 4 is 34.8 Å². The molecule has 1 aromatic heterocycles. The molecule has 0 radical (unpaired) electrons. The molecule has 1 aromatic carbocycles. The largest absolute Gasteiger partial charge is 0.497 e. The molecule has 0 saturated heterocycles. The van der Waals surface area contributed by atoms with Gasteiger partial charge < -0.3 is 15.8 Å². The van der Waals surface area contributed by atoms with Crippen molar-refractivity contribution < 1.29 is 9.53 Å². The molecular formula is C18H26ClN3O2S. The topological polar surface area (TPSA) is 77.2 Å². The van der Waals surface area contributed by atoms with Gasteiger partial charge in [-0.2, -0.15) is 0 Å². The minimum absolute atomic E-state index is 0. The SMILES string of the molecule is CCC(CC)(CN)C(=O)Nc1nc(-c2ccc(OC)cc2)c(C)s1.Cl. The molecule has 138 valence electrons. The molecule has 0 unspecified atom stereocenters. The third-order valence-electron chi connectivity index (χ3n) is 4.61. The van der Waals surface area contributed by atoms with Crippen LogP contribution in [0.5, 0.6) is 5.75 Å². The van der Waals surface area contributed by atoms with E-state index in [0.717, 1.165) is 21.9 Å². The van der Waals surface area contributed by atoms with E-state index in [9.17, 15) is 4.79 Å². The van der Waals surface area contributed by atoms with E-state index in [0.29, 0.717) is 24.5 Å². The van der Waals surface area contributed by atoms with Crippen LogP contribution in [0.2, 0.25) is 0 Å². The van der Waals surface area contributed by atoms with Crippen molar-refractivity contribution in [2.45, 2.75) is 33.6 Å². The van der Waals surface area contributed by atoms with E-state index in [1.54, 1.807) is 7.11 Å². The number of methoxy groups -OCH3 is 1. The number of thiazole rings is 1. The predicted octanol–water partition coefficient (Wildman–Crippen LogP) is 4.25. The van der Waals surface area contributed by atoms with Gasteiger partial charge in [-0.05, 0) is 44.0 Å². The Labute approximate surface area is 159 Å². The smallest absolute Gasteiger partial charge is 0.233 e. The highest BCUT2D eigenvalue weighted by atomic mass is 35.5. The minimum atomic E-state index is -0.528. The predicted molar refractivity (Wildman–Crippen MR) is 107 cm³/mol. The van der Waals surface area contributed by atoms with Crippen molar-refractivity contribution in [3.8, 4) is 17.0 Å². The lowest BCUT2D eigenvalue weighted by molar-refractivity contribution is -0.125. The summed E-state index contributed by atoms with van der Waals surface area (Å²) < 4.78 is 5.18. The highest BCUT2D eigenvalue weighted by Gasteiger charge is 2.34. The Bertz CT molecular complexity index is 689. The van der Waals surface area contributed by atoms with E-state index >= 15 is 0 Å². The highest BCUT2D eigenvalue weighted by molar-refractivity contribution is 7.16. The molecule has 1 heterocycles. The number of benzene rings is 1. The van der Waals surface area contributed by atoms with Gasteiger partial charge in [0, 0.05) is 17.0 Å². The summed E-state index contributed by atoms with van der Waals surface area (Å²) in [5.74, 6) is 0.754. The molecule has 5 nitrogen and oxygen atoms in total. The average Bonchev–Trinajstić information content (AvgIpc) is 2.97. The van der Waals surface area contributed by atoms with Gasteiger partial charge in [-0.15, -0.1) is 23.7 Å². The van der Waals surface area contributed by atoms with Gasteiger partial charge in [-0.1, -0.05) is 13.8 Å². The molecule has 0 atom stereocenters. The van der Waals surface area contributed by atoms with Crippen LogP contribution in [0.25, 0.3) is 11.3 Å². The Morgan fingerprint density at radius 2 is 1.88 bits per heavy atom. The lowest BCUT2D eigenvalue weighted by Crippen LogP contribution is -2.41. The van der Waals surface area contributed by atoms with Crippen LogP contribution in [0.15, 0.2) is 24.3 Å². The second kappa shape index (κ2) is 9.17. The maximum Gasteiger partial charge on any atom is 0.233 e. The molecule has 0 aliphatic heterocycles. The van der Waals surface area contributed by atoms with Crippen LogP contribution < -0.4 is 15.8 Å². The molecule has 2 rings (SSSR count). The summed E-state index contributed by atoms with van der Waals surface area (Å²) in [6.07, 6.45) is 1.42. The van der Waals surface area contributed by atoms with Gasteiger partial charge in [0.25, 0.3) is 0 Å². The molecule has 0 fully saturated rings. The second-order valence-corrected chi connectivity index (χ2v) is 7.00. The molecule has 0 aliphatic carbocycles. The summed E-state index contributed by atoms with van der Waals surface area (Å²) in [5.41, 5.74) is 7.20. The highest BCUT2D eigenvalue weighted by Crippen LogP contribution is 2.33. The third-order valence-corrected chi connectivity index (χ3v) is 5.49. The van der Waals surface area contributed by atoms with Crippen molar-refractivity contribution in [1.29, 1.82) is 0 Å². The van der Waals surface area contributed by atoms with Crippen molar-refractivity contribution in [1.82, 2.24) is 4.98 Å². The fraction of sp³-hybridized carbons (Fsp3) is 0.444. The lowest BCUT2D eigenvalue weighted by Gasteiger charge is -2.27. The summed E-state index contributed by atoms with van der Waals surface area (Å²) in [5, 5.41) is 3.57. The Morgan fingerprint density at radius 1 is 1.28 bits per heavy atom. The Kier molecular flexibility index (Phi) is 7.86. The number of aryl methyl sites for hydroxylation is 1. The Morgan fingerprint density at radius 3 is 2.36 bits per heavy atom. The number of nitrogens with zero attached hydrogens (tertiary/aromatic N) is 1. The quantitative estimate of drug-likeness (QED) is 0.749. The molecule has 2 aromatic rings. The number of carbonyl (C=O) groups excluding carboxylic acids is 1. The average molecular weight is 384 g/mol. The van der Waals surface area contributed by atoms with Crippen LogP contribution in [-0.2, 0) is 4.79 Å². The van der Waals surface area contributed by atoms with Gasteiger partial charge in [0.05, 0.1) is 18.2 Å². The fourth-order valence-electron chi connectivity index (χ4n) is 2.65. The number of rotatable bonds is 7. The van der Waals surface area contributed by atoms with Crippen molar-refractivity contribution in [2.24, 2.45) is 11.1 Å². The molecule has 7 heteroatoms. The van der Waals surface area contributed by atoms with Gasteiger partial charge in [-0.25, -0.2) is 4.98 Å². The number of amides is 1. The zero-order valence-corrected chi connectivity index (χ0v) is 16.7. The maximum atomic E-state index is 12.6. The van der Waals surface area contributed by atoms with E-state index in [2.05, 4.69) is 10.3 Å². The summed E-state index contributed by atoms with van der Waals surface area (Å²) in [6, 6.07) is 7.74. The van der Waals surface area contributed by atoms with Crippen molar-refractivity contribution in [2.75, 3.05) is 19.0 Å². The van der Waals surface area contributed by atoms with E-state index < -0.39 is 5.41 Å². The first-order chi connectivity index (χ1) is 11.5. The van der Waals surface area contributed by atoms with Gasteiger partial charge in [0.1, 0.15) is 5.75 Å². The first kappa shape index (κ1) is 21.4. The number of carbonyl (C=O) groups is 1. The van der Waals surface area contributed by atoms with Crippen LogP contribution in [0.1, 0.15) is 31.6 Å². The monoisotopic (exact) mass is 383 g/mol. The van der Waals surface area contributed by atoms with Crippen LogP contribution in [-0.4, -0.2) is 24.5 Å². The minimum Gasteiger partial charge on any atom is -0.497 e. The van der Waals surface area contributed by atoms with E-state index in [-0.39, 0.29) is 18.3 Å². The van der Waals surface area contributed by atoms with E-state index in [1.165, 1.54) is 11.3 Å². The van der Waals surface area contributed by atoms with Gasteiger partial charge >= 0.3 is 0 Å². The molecule has 1 amide bonds. The lowest BCUT2D eigenvalue weighted by atomic mass is 9.81. The van der Waals surface area contributed by atoms with Gasteiger partial charge in [-0.3, -0.25) is 4.79 Å². The zero-order valence-electron chi connectivity index (χ0n) is 15.1. The fourth-order valence-corrected chi connectivity index (χ4v) is 3.48. The summed E-state index contributed by atoms with van der Waals surface area (Å²) in [6.45, 7) is 6.32. The van der Waals surface area contributed by atoms with Gasteiger partial charge in [0.2, 0.25) is 5.91 Å². The van der Waals surface area contributed by atoms with Crippen molar-refractivity contribution in [3.05, 3.63) is 29.1 Å². The van der Waals surface area contributed by atoms with Crippen LogP contribution in [0.4, 0.5) is 5.13 Å². The summed E-state index contributed by atoms with van der Waals surface area (Å²) >= 11 is 1.48. The maximum absolute atomic E-state index is 12.6. The standard InChI is InChI=1S/C18H25N3O2S.ClH/c1-5-18(6-2,11-19)16(22)21-17-20-15(12(3)24-17)13-7-9-14(23-4)10-8-13;/h7-10H,5-6,11,19H2,1-4H3,(H,20,21,22);1H. The van der Waals surface area contributed by atoms with Crippen LogP contribution >= 0.6 is 23.7 Å². The normalized spacial score (nSPS) is 10.9. The number of anilines is 1. The molecule has 3 N–H and O–H groups in total. The Balaban J connectivity index is 0.00000312. The first-order valence-corrected chi connectivity index (χ1v) is 8.94. The number of nitrogens with two attached hydrogens (primary N) is 1.